The van der Waals surface area contributed by atoms with Crippen molar-refractivity contribution >= 4 is 17.7 Å². The van der Waals surface area contributed by atoms with Gasteiger partial charge in [-0.1, -0.05) is 20.8 Å². The highest BCUT2D eigenvalue weighted by molar-refractivity contribution is 7.99. The third kappa shape index (κ3) is 7.09. The predicted octanol–water partition coefficient (Wildman–Crippen LogP) is 1.03. The fraction of sp³-hybridized carbons (Fsp3) is 0.909. The standard InChI is InChI=1S/C11H23NO3S/c1-5-15-11(14)10(12-8(2)3)7-16-9(4)6-13/h8-10,12-13H,5-7H2,1-4H3. The minimum atomic E-state index is -0.293. The van der Waals surface area contributed by atoms with Crippen LogP contribution >= 0.6 is 11.8 Å². The summed E-state index contributed by atoms with van der Waals surface area (Å²) >= 11 is 1.57. The molecule has 0 heterocycles. The van der Waals surface area contributed by atoms with Crippen LogP contribution < -0.4 is 5.32 Å². The van der Waals surface area contributed by atoms with Crippen LogP contribution in [0.1, 0.15) is 27.7 Å². The average Bonchev–Trinajstić information content (AvgIpc) is 2.23. The number of rotatable bonds is 8. The van der Waals surface area contributed by atoms with E-state index in [4.69, 9.17) is 9.84 Å². The zero-order valence-electron chi connectivity index (χ0n) is 10.5. The van der Waals surface area contributed by atoms with E-state index in [2.05, 4.69) is 5.32 Å². The Morgan fingerprint density at radius 1 is 1.44 bits per heavy atom. The Kier molecular flexibility index (Phi) is 8.70. The zero-order valence-corrected chi connectivity index (χ0v) is 11.3. The number of carbonyl (C=O) groups excluding carboxylic acids is 1. The molecule has 0 bridgehead atoms. The maximum atomic E-state index is 11.6. The third-order valence-electron chi connectivity index (χ3n) is 1.91. The Bertz CT molecular complexity index is 200. The number of ether oxygens (including phenoxy) is 1. The highest BCUT2D eigenvalue weighted by atomic mass is 32.2. The van der Waals surface area contributed by atoms with Crippen molar-refractivity contribution in [2.75, 3.05) is 19.0 Å². The van der Waals surface area contributed by atoms with Crippen molar-refractivity contribution in [1.82, 2.24) is 5.32 Å². The molecule has 2 unspecified atom stereocenters. The second-order valence-electron chi connectivity index (χ2n) is 3.95. The van der Waals surface area contributed by atoms with E-state index in [1.807, 2.05) is 20.8 Å². The second kappa shape index (κ2) is 8.84. The number of esters is 1. The van der Waals surface area contributed by atoms with Gasteiger partial charge in [0.2, 0.25) is 0 Å². The first-order chi connectivity index (χ1) is 7.51. The summed E-state index contributed by atoms with van der Waals surface area (Å²) in [6, 6.07) is -0.0570. The lowest BCUT2D eigenvalue weighted by Gasteiger charge is -2.20. The van der Waals surface area contributed by atoms with E-state index in [0.717, 1.165) is 0 Å². The summed E-state index contributed by atoms with van der Waals surface area (Å²) < 4.78 is 4.99. The molecule has 0 aliphatic heterocycles. The fourth-order valence-electron chi connectivity index (χ4n) is 1.14. The molecule has 0 rings (SSSR count). The van der Waals surface area contributed by atoms with Gasteiger partial charge in [-0.2, -0.15) is 11.8 Å². The summed E-state index contributed by atoms with van der Waals surface area (Å²) in [5.74, 6) is 0.410. The minimum Gasteiger partial charge on any atom is -0.465 e. The first-order valence-corrected chi connectivity index (χ1v) is 6.71. The molecule has 0 aliphatic carbocycles. The van der Waals surface area contributed by atoms with Gasteiger partial charge in [0.1, 0.15) is 6.04 Å². The van der Waals surface area contributed by atoms with Gasteiger partial charge in [-0.3, -0.25) is 4.79 Å². The summed E-state index contributed by atoms with van der Waals surface area (Å²) in [6.45, 7) is 8.24. The monoisotopic (exact) mass is 249 g/mol. The summed E-state index contributed by atoms with van der Waals surface area (Å²) in [4.78, 5) is 11.6. The smallest absolute Gasteiger partial charge is 0.323 e. The average molecular weight is 249 g/mol. The summed E-state index contributed by atoms with van der Waals surface area (Å²) in [7, 11) is 0. The maximum Gasteiger partial charge on any atom is 0.323 e. The van der Waals surface area contributed by atoms with Crippen molar-refractivity contribution in [3.8, 4) is 0 Å². The summed E-state index contributed by atoms with van der Waals surface area (Å²) in [5.41, 5.74) is 0. The number of hydrogen-bond acceptors (Lipinski definition) is 5. The van der Waals surface area contributed by atoms with Gasteiger partial charge in [0.25, 0.3) is 0 Å². The van der Waals surface area contributed by atoms with Crippen molar-refractivity contribution in [3.63, 3.8) is 0 Å². The van der Waals surface area contributed by atoms with Crippen LogP contribution in [0.3, 0.4) is 0 Å². The zero-order chi connectivity index (χ0) is 12.6. The van der Waals surface area contributed by atoms with Crippen molar-refractivity contribution in [2.45, 2.75) is 45.0 Å². The largest absolute Gasteiger partial charge is 0.465 e. The van der Waals surface area contributed by atoms with Crippen molar-refractivity contribution in [3.05, 3.63) is 0 Å². The van der Waals surface area contributed by atoms with Gasteiger partial charge in [-0.05, 0) is 6.92 Å². The number of aliphatic hydroxyl groups excluding tert-OH is 1. The first-order valence-electron chi connectivity index (χ1n) is 5.66. The number of carbonyl (C=O) groups is 1. The van der Waals surface area contributed by atoms with Gasteiger partial charge >= 0.3 is 5.97 Å². The lowest BCUT2D eigenvalue weighted by atomic mass is 10.3. The van der Waals surface area contributed by atoms with Crippen LogP contribution in [-0.2, 0) is 9.53 Å². The quantitative estimate of drug-likeness (QED) is 0.629. The molecule has 0 spiro atoms. The Morgan fingerprint density at radius 2 is 2.06 bits per heavy atom. The molecule has 2 atom stereocenters. The minimum absolute atomic E-state index is 0.127. The normalized spacial score (nSPS) is 14.9. The maximum absolute atomic E-state index is 11.6. The van der Waals surface area contributed by atoms with Crippen LogP contribution in [0, 0.1) is 0 Å². The fourth-order valence-corrected chi connectivity index (χ4v) is 2.00. The third-order valence-corrected chi connectivity index (χ3v) is 3.15. The van der Waals surface area contributed by atoms with E-state index in [0.29, 0.717) is 12.4 Å². The van der Waals surface area contributed by atoms with E-state index in [9.17, 15) is 4.79 Å². The first kappa shape index (κ1) is 15.7. The van der Waals surface area contributed by atoms with Gasteiger partial charge in [0.05, 0.1) is 13.2 Å². The van der Waals surface area contributed by atoms with E-state index < -0.39 is 0 Å². The molecule has 0 radical (unpaired) electrons. The highest BCUT2D eigenvalue weighted by Crippen LogP contribution is 2.12. The van der Waals surface area contributed by atoms with E-state index in [1.165, 1.54) is 0 Å². The van der Waals surface area contributed by atoms with Crippen molar-refractivity contribution in [2.24, 2.45) is 0 Å². The lowest BCUT2D eigenvalue weighted by molar-refractivity contribution is -0.145. The van der Waals surface area contributed by atoms with Gasteiger partial charge in [0.15, 0.2) is 0 Å². The Labute approximate surface area is 102 Å². The van der Waals surface area contributed by atoms with Crippen molar-refractivity contribution < 1.29 is 14.6 Å². The molecule has 16 heavy (non-hydrogen) atoms. The van der Waals surface area contributed by atoms with Crippen LogP contribution in [-0.4, -0.2) is 47.4 Å². The number of aliphatic hydroxyl groups is 1. The molecule has 0 aromatic heterocycles. The van der Waals surface area contributed by atoms with Crippen LogP contribution in [0.2, 0.25) is 0 Å². The molecule has 0 saturated heterocycles. The molecule has 0 aliphatic rings. The van der Waals surface area contributed by atoms with Gasteiger partial charge in [-0.25, -0.2) is 0 Å². The molecule has 0 aromatic carbocycles. The van der Waals surface area contributed by atoms with Crippen LogP contribution in [0.25, 0.3) is 0 Å². The SMILES string of the molecule is CCOC(=O)C(CSC(C)CO)NC(C)C. The molecule has 96 valence electrons. The number of nitrogens with one attached hydrogen (secondary N) is 1. The molecule has 4 nitrogen and oxygen atoms in total. The molecular weight excluding hydrogens is 226 g/mol. The molecule has 2 N–H and O–H groups in total. The molecule has 0 fully saturated rings. The summed E-state index contributed by atoms with van der Waals surface area (Å²) in [5, 5.41) is 12.2. The Hall–Kier alpha value is -0.260. The van der Waals surface area contributed by atoms with Crippen LogP contribution in [0.4, 0.5) is 0 Å². The molecule has 5 heteroatoms. The number of hydrogen-bond donors (Lipinski definition) is 2. The Morgan fingerprint density at radius 3 is 2.50 bits per heavy atom. The molecular formula is C11H23NO3S. The topological polar surface area (TPSA) is 58.6 Å². The number of thioether (sulfide) groups is 1. The van der Waals surface area contributed by atoms with Gasteiger partial charge in [0, 0.05) is 17.0 Å². The lowest BCUT2D eigenvalue weighted by Crippen LogP contribution is -2.44. The molecule has 0 amide bonds. The van der Waals surface area contributed by atoms with E-state index in [1.54, 1.807) is 18.7 Å². The predicted molar refractivity (Wildman–Crippen MR) is 67.7 cm³/mol. The van der Waals surface area contributed by atoms with Crippen LogP contribution in [0.15, 0.2) is 0 Å². The van der Waals surface area contributed by atoms with Crippen LogP contribution in [0.5, 0.6) is 0 Å². The molecule has 0 saturated carbocycles. The van der Waals surface area contributed by atoms with E-state index >= 15 is 0 Å². The van der Waals surface area contributed by atoms with Gasteiger partial charge < -0.3 is 15.2 Å². The van der Waals surface area contributed by atoms with Gasteiger partial charge in [-0.15, -0.1) is 0 Å². The Balaban J connectivity index is 4.14. The highest BCUT2D eigenvalue weighted by Gasteiger charge is 2.21. The summed E-state index contributed by atoms with van der Waals surface area (Å²) in [6.07, 6.45) is 0. The van der Waals surface area contributed by atoms with E-state index in [-0.39, 0.29) is 29.9 Å². The van der Waals surface area contributed by atoms with Crippen molar-refractivity contribution in [1.29, 1.82) is 0 Å². The second-order valence-corrected chi connectivity index (χ2v) is 5.42. The molecule has 0 aromatic rings.